The monoisotopic (exact) mass is 199 g/mol. The summed E-state index contributed by atoms with van der Waals surface area (Å²) in [5.41, 5.74) is 0. The van der Waals surface area contributed by atoms with Crippen molar-refractivity contribution in [1.82, 2.24) is 5.32 Å². The molecule has 0 aromatic rings. The highest BCUT2D eigenvalue weighted by atomic mass is 16.3. The van der Waals surface area contributed by atoms with Gasteiger partial charge in [-0.15, -0.1) is 0 Å². The fourth-order valence-electron chi connectivity index (χ4n) is 2.25. The third-order valence-corrected chi connectivity index (χ3v) is 3.43. The van der Waals surface area contributed by atoms with Crippen molar-refractivity contribution in [2.24, 2.45) is 17.8 Å². The third-order valence-electron chi connectivity index (χ3n) is 3.43. The number of hydrogen-bond acceptors (Lipinski definition) is 3. The summed E-state index contributed by atoms with van der Waals surface area (Å²) in [6.07, 6.45) is 5.04. The van der Waals surface area contributed by atoms with E-state index in [4.69, 9.17) is 10.2 Å². The Kier molecular flexibility index (Phi) is 3.42. The highest BCUT2D eigenvalue weighted by Crippen LogP contribution is 2.48. The maximum absolute atomic E-state index is 9.17. The molecule has 2 fully saturated rings. The molecule has 3 heteroatoms. The molecule has 0 bridgehead atoms. The van der Waals surface area contributed by atoms with Gasteiger partial charge in [0.2, 0.25) is 0 Å². The number of aliphatic hydroxyl groups excluding tert-OH is 2. The van der Waals surface area contributed by atoms with Gasteiger partial charge in [-0.25, -0.2) is 0 Å². The summed E-state index contributed by atoms with van der Waals surface area (Å²) < 4.78 is 0. The van der Waals surface area contributed by atoms with Crippen LogP contribution in [0.15, 0.2) is 0 Å². The van der Waals surface area contributed by atoms with Gasteiger partial charge in [-0.05, 0) is 50.0 Å². The topological polar surface area (TPSA) is 52.5 Å². The van der Waals surface area contributed by atoms with Crippen LogP contribution in [0.2, 0.25) is 0 Å². The summed E-state index contributed by atoms with van der Waals surface area (Å²) in [5.74, 6) is 2.77. The van der Waals surface area contributed by atoms with Crippen molar-refractivity contribution < 1.29 is 10.2 Å². The largest absolute Gasteiger partial charge is 0.394 e. The van der Waals surface area contributed by atoms with Crippen molar-refractivity contribution in [3.05, 3.63) is 0 Å². The molecule has 0 aromatic carbocycles. The molecule has 0 heterocycles. The molecule has 3 N–H and O–H groups in total. The maximum atomic E-state index is 9.17. The maximum Gasteiger partial charge on any atom is 0.0894 e. The quantitative estimate of drug-likeness (QED) is 0.555. The Labute approximate surface area is 85.5 Å². The van der Waals surface area contributed by atoms with E-state index in [-0.39, 0.29) is 6.61 Å². The molecule has 1 unspecified atom stereocenters. The molecule has 2 rings (SSSR count). The summed E-state index contributed by atoms with van der Waals surface area (Å²) in [7, 11) is 0. The van der Waals surface area contributed by atoms with Gasteiger partial charge < -0.3 is 15.5 Å². The van der Waals surface area contributed by atoms with Crippen LogP contribution in [0, 0.1) is 17.8 Å². The van der Waals surface area contributed by atoms with Gasteiger partial charge in [-0.3, -0.25) is 0 Å². The summed E-state index contributed by atoms with van der Waals surface area (Å²) in [4.78, 5) is 0. The molecule has 0 aromatic heterocycles. The zero-order valence-electron chi connectivity index (χ0n) is 8.65. The van der Waals surface area contributed by atoms with E-state index in [0.29, 0.717) is 6.54 Å². The fraction of sp³-hybridized carbons (Fsp3) is 1.00. The van der Waals surface area contributed by atoms with Crippen molar-refractivity contribution >= 4 is 0 Å². The van der Waals surface area contributed by atoms with Crippen LogP contribution in [0.4, 0.5) is 0 Å². The molecule has 0 saturated heterocycles. The SMILES string of the molecule is OCC(O)CNCC(C1CC1)C1CC1. The van der Waals surface area contributed by atoms with Crippen molar-refractivity contribution in [1.29, 1.82) is 0 Å². The van der Waals surface area contributed by atoms with Gasteiger partial charge in [0.15, 0.2) is 0 Å². The standard InChI is InChI=1S/C11H21NO2/c13-7-10(14)5-12-6-11(8-1-2-8)9-3-4-9/h8-14H,1-7H2. The Balaban J connectivity index is 1.62. The average molecular weight is 199 g/mol. The highest BCUT2D eigenvalue weighted by molar-refractivity contribution is 4.92. The number of nitrogens with one attached hydrogen (secondary N) is 1. The van der Waals surface area contributed by atoms with E-state index in [1.807, 2.05) is 0 Å². The van der Waals surface area contributed by atoms with Crippen LogP contribution in [-0.4, -0.2) is 36.0 Å². The van der Waals surface area contributed by atoms with Gasteiger partial charge in [0.1, 0.15) is 0 Å². The van der Waals surface area contributed by atoms with Gasteiger partial charge in [-0.1, -0.05) is 0 Å². The zero-order valence-corrected chi connectivity index (χ0v) is 8.65. The molecule has 2 aliphatic rings. The van der Waals surface area contributed by atoms with E-state index in [9.17, 15) is 0 Å². The van der Waals surface area contributed by atoms with Gasteiger partial charge >= 0.3 is 0 Å². The minimum atomic E-state index is -0.589. The lowest BCUT2D eigenvalue weighted by Gasteiger charge is -2.17. The second kappa shape index (κ2) is 4.60. The van der Waals surface area contributed by atoms with Crippen LogP contribution in [0.3, 0.4) is 0 Å². The van der Waals surface area contributed by atoms with Crippen LogP contribution >= 0.6 is 0 Å². The molecule has 2 aliphatic carbocycles. The Morgan fingerprint density at radius 2 is 1.64 bits per heavy atom. The molecule has 2 saturated carbocycles. The van der Waals surface area contributed by atoms with Crippen molar-refractivity contribution in [2.45, 2.75) is 31.8 Å². The van der Waals surface area contributed by atoms with Gasteiger partial charge in [0, 0.05) is 6.54 Å². The van der Waals surface area contributed by atoms with Crippen molar-refractivity contribution in [3.63, 3.8) is 0 Å². The Bertz CT molecular complexity index is 166. The fourth-order valence-corrected chi connectivity index (χ4v) is 2.25. The van der Waals surface area contributed by atoms with Crippen LogP contribution in [0.25, 0.3) is 0 Å². The molecular formula is C11H21NO2. The first-order chi connectivity index (χ1) is 6.81. The van der Waals surface area contributed by atoms with Crippen molar-refractivity contribution in [3.8, 4) is 0 Å². The van der Waals surface area contributed by atoms with Gasteiger partial charge in [0.25, 0.3) is 0 Å². The minimum absolute atomic E-state index is 0.134. The Morgan fingerprint density at radius 3 is 2.07 bits per heavy atom. The molecule has 0 aliphatic heterocycles. The lowest BCUT2D eigenvalue weighted by atomic mass is 9.98. The smallest absolute Gasteiger partial charge is 0.0894 e. The lowest BCUT2D eigenvalue weighted by molar-refractivity contribution is 0.0930. The molecule has 1 atom stereocenters. The molecule has 3 nitrogen and oxygen atoms in total. The molecule has 0 amide bonds. The zero-order chi connectivity index (χ0) is 9.97. The van der Waals surface area contributed by atoms with E-state index in [0.717, 1.165) is 24.3 Å². The Morgan fingerprint density at radius 1 is 1.07 bits per heavy atom. The minimum Gasteiger partial charge on any atom is -0.394 e. The molecule has 0 spiro atoms. The molecule has 82 valence electrons. The van der Waals surface area contributed by atoms with E-state index >= 15 is 0 Å². The molecular weight excluding hydrogens is 178 g/mol. The van der Waals surface area contributed by atoms with Crippen LogP contribution in [0.5, 0.6) is 0 Å². The van der Waals surface area contributed by atoms with Gasteiger partial charge in [-0.2, -0.15) is 0 Å². The predicted octanol–water partition coefficient (Wildman–Crippen LogP) is 0.365. The number of rotatable bonds is 7. The average Bonchev–Trinajstić information content (AvgIpc) is 3.03. The predicted molar refractivity (Wildman–Crippen MR) is 54.9 cm³/mol. The first-order valence-corrected chi connectivity index (χ1v) is 5.81. The lowest BCUT2D eigenvalue weighted by Crippen LogP contribution is -2.34. The number of hydrogen-bond donors (Lipinski definition) is 3. The van der Waals surface area contributed by atoms with E-state index in [1.165, 1.54) is 25.7 Å². The first-order valence-electron chi connectivity index (χ1n) is 5.81. The summed E-state index contributed by atoms with van der Waals surface area (Å²) in [6.45, 7) is 1.43. The number of aliphatic hydroxyl groups is 2. The van der Waals surface area contributed by atoms with E-state index in [2.05, 4.69) is 5.32 Å². The van der Waals surface area contributed by atoms with E-state index in [1.54, 1.807) is 0 Å². The van der Waals surface area contributed by atoms with Crippen LogP contribution < -0.4 is 5.32 Å². The first kappa shape index (κ1) is 10.4. The second-order valence-corrected chi connectivity index (χ2v) is 4.83. The third kappa shape index (κ3) is 2.94. The summed E-state index contributed by atoms with van der Waals surface area (Å²) in [5, 5.41) is 21.1. The normalized spacial score (nSPS) is 24.2. The van der Waals surface area contributed by atoms with E-state index < -0.39 is 6.10 Å². The van der Waals surface area contributed by atoms with Crippen LogP contribution in [-0.2, 0) is 0 Å². The summed E-state index contributed by atoms with van der Waals surface area (Å²) >= 11 is 0. The van der Waals surface area contributed by atoms with Crippen LogP contribution in [0.1, 0.15) is 25.7 Å². The molecule has 0 radical (unpaired) electrons. The van der Waals surface area contributed by atoms with Crippen molar-refractivity contribution in [2.75, 3.05) is 19.7 Å². The molecule has 14 heavy (non-hydrogen) atoms. The Hall–Kier alpha value is -0.120. The van der Waals surface area contributed by atoms with Gasteiger partial charge in [0.05, 0.1) is 12.7 Å². The summed E-state index contributed by atoms with van der Waals surface area (Å²) in [6, 6.07) is 0. The highest BCUT2D eigenvalue weighted by Gasteiger charge is 2.40. The second-order valence-electron chi connectivity index (χ2n) is 4.83.